The van der Waals surface area contributed by atoms with Crippen molar-refractivity contribution in [2.45, 2.75) is 20.0 Å². The van der Waals surface area contributed by atoms with Crippen LogP contribution in [0.15, 0.2) is 61.2 Å². The second-order valence-electron chi connectivity index (χ2n) is 6.31. The lowest BCUT2D eigenvalue weighted by atomic mass is 10.1. The molecule has 0 saturated heterocycles. The molecule has 1 amide bonds. The highest BCUT2D eigenvalue weighted by molar-refractivity contribution is 5.91. The van der Waals surface area contributed by atoms with Crippen LogP contribution in [0.3, 0.4) is 0 Å². The molecule has 7 heteroatoms. The predicted octanol–water partition coefficient (Wildman–Crippen LogP) is 3.06. The minimum atomic E-state index is -0.167. The zero-order valence-electron chi connectivity index (χ0n) is 16.5. The Morgan fingerprint density at radius 1 is 1.17 bits per heavy atom. The van der Waals surface area contributed by atoms with E-state index in [2.05, 4.69) is 15.4 Å². The molecular weight excluding hydrogens is 368 g/mol. The van der Waals surface area contributed by atoms with Crippen LogP contribution in [0.4, 0.5) is 0 Å². The first kappa shape index (κ1) is 20.1. The van der Waals surface area contributed by atoms with Gasteiger partial charge in [0.2, 0.25) is 5.91 Å². The normalized spacial score (nSPS) is 10.8. The first-order valence-corrected chi connectivity index (χ1v) is 9.35. The number of hydrogen-bond acceptors (Lipinski definition) is 5. The first-order chi connectivity index (χ1) is 14.2. The van der Waals surface area contributed by atoms with E-state index >= 15 is 0 Å². The van der Waals surface area contributed by atoms with Crippen LogP contribution in [0.1, 0.15) is 23.6 Å². The van der Waals surface area contributed by atoms with E-state index in [1.165, 1.54) is 12.4 Å². The van der Waals surface area contributed by atoms with Crippen molar-refractivity contribution in [3.63, 3.8) is 0 Å². The standard InChI is InChI=1S/C22H24N4O3/c1-3-29-20-9-7-17(12-21(20)28-2)8-10-22(27)24-13-18-5-4-6-19(11-18)14-26-16-23-15-25-26/h4-12,15-16H,3,13-14H2,1-2H3,(H,24,27). The van der Waals surface area contributed by atoms with Crippen molar-refractivity contribution in [1.29, 1.82) is 0 Å². The summed E-state index contributed by atoms with van der Waals surface area (Å²) in [6, 6.07) is 13.6. The molecule has 2 aromatic carbocycles. The fraction of sp³-hybridized carbons (Fsp3) is 0.227. The maximum absolute atomic E-state index is 12.2. The maximum Gasteiger partial charge on any atom is 0.244 e. The van der Waals surface area contributed by atoms with Crippen molar-refractivity contribution >= 4 is 12.0 Å². The Balaban J connectivity index is 1.56. The molecule has 3 aromatic rings. The van der Waals surface area contributed by atoms with Gasteiger partial charge in [-0.15, -0.1) is 0 Å². The topological polar surface area (TPSA) is 78.3 Å². The zero-order chi connectivity index (χ0) is 20.5. The Morgan fingerprint density at radius 3 is 2.79 bits per heavy atom. The summed E-state index contributed by atoms with van der Waals surface area (Å²) in [6.45, 7) is 3.57. The van der Waals surface area contributed by atoms with Crippen molar-refractivity contribution in [3.8, 4) is 11.5 Å². The number of carbonyl (C=O) groups is 1. The van der Waals surface area contributed by atoms with E-state index in [1.54, 1.807) is 24.2 Å². The minimum absolute atomic E-state index is 0.167. The molecule has 7 nitrogen and oxygen atoms in total. The number of amides is 1. The molecule has 0 radical (unpaired) electrons. The molecule has 0 unspecified atom stereocenters. The third-order valence-electron chi connectivity index (χ3n) is 4.18. The number of rotatable bonds is 9. The van der Waals surface area contributed by atoms with E-state index in [9.17, 15) is 4.79 Å². The molecule has 0 atom stereocenters. The lowest BCUT2D eigenvalue weighted by molar-refractivity contribution is -0.116. The number of methoxy groups -OCH3 is 1. The summed E-state index contributed by atoms with van der Waals surface area (Å²) in [5.41, 5.74) is 2.97. The number of benzene rings is 2. The monoisotopic (exact) mass is 392 g/mol. The number of nitrogens with one attached hydrogen (secondary N) is 1. The zero-order valence-corrected chi connectivity index (χ0v) is 16.5. The molecule has 0 aliphatic rings. The number of carbonyl (C=O) groups excluding carboxylic acids is 1. The summed E-state index contributed by atoms with van der Waals surface area (Å²) in [5.74, 6) is 1.15. The van der Waals surface area contributed by atoms with E-state index in [0.717, 1.165) is 16.7 Å². The third-order valence-corrected chi connectivity index (χ3v) is 4.18. The Kier molecular flexibility index (Phi) is 7.00. The van der Waals surface area contributed by atoms with E-state index in [1.807, 2.05) is 49.4 Å². The molecular formula is C22H24N4O3. The average Bonchev–Trinajstić information content (AvgIpc) is 3.25. The lowest BCUT2D eigenvalue weighted by Gasteiger charge is -2.09. The maximum atomic E-state index is 12.2. The summed E-state index contributed by atoms with van der Waals surface area (Å²) in [4.78, 5) is 16.1. The van der Waals surface area contributed by atoms with Gasteiger partial charge in [0.25, 0.3) is 0 Å². The second kappa shape index (κ2) is 10.1. The highest BCUT2D eigenvalue weighted by Crippen LogP contribution is 2.28. The minimum Gasteiger partial charge on any atom is -0.493 e. The second-order valence-corrected chi connectivity index (χ2v) is 6.31. The summed E-state index contributed by atoms with van der Waals surface area (Å²) in [5, 5.41) is 7.01. The molecule has 1 N–H and O–H groups in total. The Morgan fingerprint density at radius 2 is 2.03 bits per heavy atom. The molecule has 0 fully saturated rings. The van der Waals surface area contributed by atoms with Crippen molar-refractivity contribution in [1.82, 2.24) is 20.1 Å². The largest absolute Gasteiger partial charge is 0.493 e. The van der Waals surface area contributed by atoms with Gasteiger partial charge >= 0.3 is 0 Å². The summed E-state index contributed by atoms with van der Waals surface area (Å²) < 4.78 is 12.6. The summed E-state index contributed by atoms with van der Waals surface area (Å²) >= 11 is 0. The van der Waals surface area contributed by atoms with Gasteiger partial charge in [-0.2, -0.15) is 5.10 Å². The van der Waals surface area contributed by atoms with Gasteiger partial charge in [-0.25, -0.2) is 9.67 Å². The Hall–Kier alpha value is -3.61. The van der Waals surface area contributed by atoms with Gasteiger partial charge in [0.15, 0.2) is 11.5 Å². The SMILES string of the molecule is CCOc1ccc(C=CC(=O)NCc2cccc(Cn3cncn3)c2)cc1OC. The van der Waals surface area contributed by atoms with Gasteiger partial charge in [-0.3, -0.25) is 4.79 Å². The Bertz CT molecular complexity index is 968. The Labute approximate surface area is 170 Å². The fourth-order valence-electron chi connectivity index (χ4n) is 2.82. The highest BCUT2D eigenvalue weighted by atomic mass is 16.5. The van der Waals surface area contributed by atoms with Crippen LogP contribution in [0, 0.1) is 0 Å². The van der Waals surface area contributed by atoms with Gasteiger partial charge in [-0.1, -0.05) is 30.3 Å². The van der Waals surface area contributed by atoms with E-state index in [0.29, 0.717) is 31.2 Å². The number of ether oxygens (including phenoxy) is 2. The van der Waals surface area contributed by atoms with Gasteiger partial charge in [-0.05, 0) is 41.8 Å². The fourth-order valence-corrected chi connectivity index (χ4v) is 2.82. The average molecular weight is 392 g/mol. The first-order valence-electron chi connectivity index (χ1n) is 9.35. The molecule has 0 saturated carbocycles. The van der Waals surface area contributed by atoms with Crippen LogP contribution in [-0.4, -0.2) is 34.4 Å². The van der Waals surface area contributed by atoms with Crippen LogP contribution < -0.4 is 14.8 Å². The quantitative estimate of drug-likeness (QED) is 0.566. The smallest absolute Gasteiger partial charge is 0.244 e. The van der Waals surface area contributed by atoms with E-state index in [4.69, 9.17) is 9.47 Å². The molecule has 1 aromatic heterocycles. The molecule has 0 spiro atoms. The molecule has 150 valence electrons. The highest BCUT2D eigenvalue weighted by Gasteiger charge is 2.04. The summed E-state index contributed by atoms with van der Waals surface area (Å²) in [7, 11) is 1.59. The molecule has 0 bridgehead atoms. The van der Waals surface area contributed by atoms with Crippen LogP contribution in [0.5, 0.6) is 11.5 Å². The van der Waals surface area contributed by atoms with Crippen molar-refractivity contribution in [2.24, 2.45) is 0 Å². The van der Waals surface area contributed by atoms with Crippen LogP contribution in [-0.2, 0) is 17.9 Å². The van der Waals surface area contributed by atoms with Gasteiger partial charge < -0.3 is 14.8 Å². The van der Waals surface area contributed by atoms with E-state index < -0.39 is 0 Å². The molecule has 0 aliphatic heterocycles. The molecule has 1 heterocycles. The lowest BCUT2D eigenvalue weighted by Crippen LogP contribution is -2.20. The van der Waals surface area contributed by atoms with Crippen LogP contribution in [0.2, 0.25) is 0 Å². The van der Waals surface area contributed by atoms with Crippen LogP contribution in [0.25, 0.3) is 6.08 Å². The van der Waals surface area contributed by atoms with E-state index in [-0.39, 0.29) is 5.91 Å². The van der Waals surface area contributed by atoms with Gasteiger partial charge in [0.1, 0.15) is 12.7 Å². The number of nitrogens with zero attached hydrogens (tertiary/aromatic N) is 3. The van der Waals surface area contributed by atoms with Gasteiger partial charge in [0, 0.05) is 12.6 Å². The predicted molar refractivity (Wildman–Crippen MR) is 111 cm³/mol. The van der Waals surface area contributed by atoms with Crippen molar-refractivity contribution in [2.75, 3.05) is 13.7 Å². The molecule has 0 aliphatic carbocycles. The summed E-state index contributed by atoms with van der Waals surface area (Å²) in [6.07, 6.45) is 6.44. The number of hydrogen-bond donors (Lipinski definition) is 1. The number of aromatic nitrogens is 3. The van der Waals surface area contributed by atoms with Crippen molar-refractivity contribution < 1.29 is 14.3 Å². The van der Waals surface area contributed by atoms with Crippen LogP contribution >= 0.6 is 0 Å². The van der Waals surface area contributed by atoms with Crippen molar-refractivity contribution in [3.05, 3.63) is 77.9 Å². The third kappa shape index (κ3) is 5.93. The molecule has 29 heavy (non-hydrogen) atoms. The van der Waals surface area contributed by atoms with Gasteiger partial charge in [0.05, 0.1) is 20.3 Å². The molecule has 3 rings (SSSR count).